The largest absolute Gasteiger partial charge is 0.488 e. The fourth-order valence-corrected chi connectivity index (χ4v) is 3.75. The first-order valence-electron chi connectivity index (χ1n) is 11.8. The molecular formula is C26H29N5O5. The highest BCUT2D eigenvalue weighted by Gasteiger charge is 2.28. The Bertz CT molecular complexity index is 1200. The van der Waals surface area contributed by atoms with Gasteiger partial charge in [0.15, 0.2) is 23.1 Å². The summed E-state index contributed by atoms with van der Waals surface area (Å²) in [6.07, 6.45) is 0. The summed E-state index contributed by atoms with van der Waals surface area (Å²) in [6.45, 7) is 6.27. The molecule has 1 saturated heterocycles. The number of hydrogen-bond donors (Lipinski definition) is 2. The Morgan fingerprint density at radius 1 is 1.00 bits per heavy atom. The molecule has 0 unspecified atom stereocenters. The molecule has 2 aliphatic carbocycles. The number of carbonyl (C=O) groups excluding carboxylic acids is 2. The van der Waals surface area contributed by atoms with E-state index >= 15 is 0 Å². The number of aromatic nitrogens is 2. The molecule has 0 atom stereocenters. The standard InChI is InChI=1S/C20H25N5O5.C6H4/c1-3-29-16-15(19(26)30-4-2)23-17(24-18(16)25-9-11-28-12-10-25)13-7-5-6-8-14(13)22-20(21)27;1-2-6-4-3-5(1)6/h5-8H,3-4,9-12H2,1-2H3,(H3,21,22,27);1-4H. The zero-order valence-electron chi connectivity index (χ0n) is 20.3. The molecule has 2 heterocycles. The highest BCUT2D eigenvalue weighted by Crippen LogP contribution is 2.35. The number of carbonyl (C=O) groups is 2. The molecule has 0 radical (unpaired) electrons. The number of hydrogen-bond acceptors (Lipinski definition) is 8. The van der Waals surface area contributed by atoms with Gasteiger partial charge in [-0.1, -0.05) is 36.4 Å². The van der Waals surface area contributed by atoms with Crippen LogP contribution in [0, 0.1) is 0 Å². The third-order valence-electron chi connectivity index (χ3n) is 5.56. The first-order chi connectivity index (χ1) is 17.5. The van der Waals surface area contributed by atoms with Crippen molar-refractivity contribution < 1.29 is 23.8 Å². The molecule has 2 aromatic rings. The summed E-state index contributed by atoms with van der Waals surface area (Å²) in [5, 5.41) is 2.56. The molecule has 1 aliphatic heterocycles. The molecule has 0 spiro atoms. The maximum absolute atomic E-state index is 12.7. The second kappa shape index (κ2) is 11.5. The van der Waals surface area contributed by atoms with Gasteiger partial charge in [-0.2, -0.15) is 0 Å². The van der Waals surface area contributed by atoms with Crippen molar-refractivity contribution in [2.24, 2.45) is 5.73 Å². The van der Waals surface area contributed by atoms with E-state index in [0.717, 1.165) is 0 Å². The van der Waals surface area contributed by atoms with Gasteiger partial charge in [-0.15, -0.1) is 0 Å². The highest BCUT2D eigenvalue weighted by atomic mass is 16.5. The van der Waals surface area contributed by atoms with Gasteiger partial charge >= 0.3 is 12.0 Å². The van der Waals surface area contributed by atoms with Crippen LogP contribution in [-0.4, -0.2) is 61.5 Å². The molecule has 5 rings (SSSR count). The lowest BCUT2D eigenvalue weighted by Gasteiger charge is -2.30. The van der Waals surface area contributed by atoms with E-state index in [1.54, 1.807) is 31.2 Å². The monoisotopic (exact) mass is 491 g/mol. The molecule has 0 saturated carbocycles. The lowest BCUT2D eigenvalue weighted by Crippen LogP contribution is -2.37. The summed E-state index contributed by atoms with van der Waals surface area (Å²) < 4.78 is 16.4. The fraction of sp³-hybridized carbons (Fsp3) is 0.308. The van der Waals surface area contributed by atoms with Crippen LogP contribution in [0.25, 0.3) is 22.5 Å². The zero-order valence-corrected chi connectivity index (χ0v) is 20.3. The van der Waals surface area contributed by atoms with Crippen LogP contribution < -0.4 is 20.7 Å². The van der Waals surface area contributed by atoms with Gasteiger partial charge in [0.05, 0.1) is 32.1 Å². The van der Waals surface area contributed by atoms with Crippen LogP contribution in [0.5, 0.6) is 5.75 Å². The number of rotatable bonds is 7. The number of nitrogens with zero attached hydrogens (tertiary/aromatic N) is 3. The summed E-state index contributed by atoms with van der Waals surface area (Å²) in [5.41, 5.74) is 9.11. The van der Waals surface area contributed by atoms with Crippen molar-refractivity contribution in [3.05, 3.63) is 54.2 Å². The minimum atomic E-state index is -0.715. The highest BCUT2D eigenvalue weighted by molar-refractivity contribution is 5.95. The van der Waals surface area contributed by atoms with Crippen LogP contribution in [0.1, 0.15) is 24.3 Å². The Hall–Kier alpha value is -4.18. The van der Waals surface area contributed by atoms with Gasteiger partial charge in [0.25, 0.3) is 0 Å². The Morgan fingerprint density at radius 3 is 2.22 bits per heavy atom. The summed E-state index contributed by atoms with van der Waals surface area (Å²) in [4.78, 5) is 35.2. The van der Waals surface area contributed by atoms with E-state index in [1.807, 2.05) is 11.8 Å². The first-order valence-corrected chi connectivity index (χ1v) is 11.8. The van der Waals surface area contributed by atoms with Crippen molar-refractivity contribution in [1.82, 2.24) is 9.97 Å². The number of nitrogens with one attached hydrogen (secondary N) is 1. The van der Waals surface area contributed by atoms with E-state index in [4.69, 9.17) is 24.9 Å². The van der Waals surface area contributed by atoms with Crippen molar-refractivity contribution in [2.45, 2.75) is 13.8 Å². The van der Waals surface area contributed by atoms with Crippen LogP contribution in [0.15, 0.2) is 48.5 Å². The number of fused-ring (bicyclic) bond motifs is 1. The Labute approximate surface area is 209 Å². The number of anilines is 2. The average molecular weight is 492 g/mol. The van der Waals surface area contributed by atoms with E-state index in [1.165, 1.54) is 11.1 Å². The molecule has 0 bridgehead atoms. The third kappa shape index (κ3) is 5.55. The van der Waals surface area contributed by atoms with E-state index < -0.39 is 12.0 Å². The van der Waals surface area contributed by atoms with Crippen LogP contribution >= 0.6 is 0 Å². The van der Waals surface area contributed by atoms with Crippen LogP contribution in [0.3, 0.4) is 0 Å². The number of benzene rings is 2. The van der Waals surface area contributed by atoms with E-state index in [9.17, 15) is 9.59 Å². The molecule has 1 aromatic carbocycles. The summed E-state index contributed by atoms with van der Waals surface area (Å²) in [5.74, 6) is 0.371. The molecule has 3 aliphatic rings. The number of primary amides is 1. The predicted octanol–water partition coefficient (Wildman–Crippen LogP) is 3.71. The second-order valence-corrected chi connectivity index (χ2v) is 7.91. The van der Waals surface area contributed by atoms with E-state index in [0.29, 0.717) is 50.0 Å². The molecule has 3 N–H and O–H groups in total. The molecule has 188 valence electrons. The SMILES string of the molecule is CCOC(=O)c1nc(-c2ccccc2NC(N)=O)nc(N2CCOCC2)c1OCC.c1cc2ccc1-2. The average Bonchev–Trinajstić information content (AvgIpc) is 2.87. The molecule has 2 amide bonds. The van der Waals surface area contributed by atoms with Gasteiger partial charge in [-0.3, -0.25) is 0 Å². The van der Waals surface area contributed by atoms with Gasteiger partial charge in [-0.25, -0.2) is 19.6 Å². The summed E-state index contributed by atoms with van der Waals surface area (Å²) in [7, 11) is 0. The van der Waals surface area contributed by atoms with Crippen molar-refractivity contribution >= 4 is 23.5 Å². The van der Waals surface area contributed by atoms with Crippen molar-refractivity contribution in [3.63, 3.8) is 0 Å². The lowest BCUT2D eigenvalue weighted by molar-refractivity contribution is 0.0514. The number of nitrogens with two attached hydrogens (primary N) is 1. The Morgan fingerprint density at radius 2 is 1.67 bits per heavy atom. The van der Waals surface area contributed by atoms with E-state index in [-0.39, 0.29) is 23.9 Å². The summed E-state index contributed by atoms with van der Waals surface area (Å²) in [6, 6.07) is 14.7. The summed E-state index contributed by atoms with van der Waals surface area (Å²) >= 11 is 0. The molecule has 1 aromatic heterocycles. The minimum Gasteiger partial charge on any atom is -0.488 e. The van der Waals surface area contributed by atoms with Crippen LogP contribution in [0.2, 0.25) is 0 Å². The number of ether oxygens (including phenoxy) is 3. The maximum atomic E-state index is 12.7. The first kappa shape index (κ1) is 24.9. The minimum absolute atomic E-state index is 0.0269. The number of para-hydroxylation sites is 1. The fourth-order valence-electron chi connectivity index (χ4n) is 3.75. The third-order valence-corrected chi connectivity index (χ3v) is 5.56. The van der Waals surface area contributed by atoms with Gasteiger partial charge < -0.3 is 30.2 Å². The molecule has 36 heavy (non-hydrogen) atoms. The lowest BCUT2D eigenvalue weighted by atomic mass is 9.95. The zero-order chi connectivity index (χ0) is 25.5. The topological polar surface area (TPSA) is 129 Å². The molecular weight excluding hydrogens is 462 g/mol. The Kier molecular flexibility index (Phi) is 7.96. The van der Waals surface area contributed by atoms with Crippen LogP contribution in [-0.2, 0) is 9.47 Å². The number of morpholine rings is 1. The molecule has 10 heteroatoms. The van der Waals surface area contributed by atoms with Gasteiger partial charge in [0.1, 0.15) is 0 Å². The molecule has 10 nitrogen and oxygen atoms in total. The Balaban J connectivity index is 0.000000434. The van der Waals surface area contributed by atoms with Gasteiger partial charge in [0.2, 0.25) is 0 Å². The van der Waals surface area contributed by atoms with Gasteiger partial charge in [-0.05, 0) is 37.1 Å². The van der Waals surface area contributed by atoms with E-state index in [2.05, 4.69) is 34.6 Å². The smallest absolute Gasteiger partial charge is 0.361 e. The van der Waals surface area contributed by atoms with Crippen LogP contribution in [0.4, 0.5) is 16.3 Å². The van der Waals surface area contributed by atoms with Gasteiger partial charge in [0, 0.05) is 18.7 Å². The van der Waals surface area contributed by atoms with Crippen molar-refractivity contribution in [1.29, 1.82) is 0 Å². The number of amides is 2. The second-order valence-electron chi connectivity index (χ2n) is 7.91. The predicted molar refractivity (Wildman–Crippen MR) is 136 cm³/mol. The maximum Gasteiger partial charge on any atom is 0.361 e. The quantitative estimate of drug-likeness (QED) is 0.374. The molecule has 1 fully saturated rings. The van der Waals surface area contributed by atoms with Crippen molar-refractivity contribution in [3.8, 4) is 28.3 Å². The normalized spacial score (nSPS) is 13.2. The number of esters is 1. The number of urea groups is 1. The van der Waals surface area contributed by atoms with Crippen molar-refractivity contribution in [2.75, 3.05) is 49.7 Å².